The third kappa shape index (κ3) is 61.2. The molecule has 0 aromatic carbocycles. The smallest absolute Gasteiger partial charge is 0.0297 e. The van der Waals surface area contributed by atoms with Gasteiger partial charge in [-0.2, -0.15) is 0 Å². The Labute approximate surface area is 746 Å². The summed E-state index contributed by atoms with van der Waals surface area (Å²) >= 11 is 0. The SMILES string of the molecule is C1CCC2(C1)CCC2.C1CCC2(CC1)CCCCC2.C1CCC2(CC1)CCCCC2.C1CCC2(CC1)CCCCC2.C1CCC2(CC1)CCCCC2.C1CCC2(CC1)CCCCC2.C1CCC2(CC1)CCCCC2.C1CCC2(CC1)CCCCC2.CC(C)C.CC(C)C.CC(C)C.CC(C)C.CC(C)C.CC(C)C.CC(C)C.CC(C)C. The van der Waals surface area contributed by atoms with Crippen molar-refractivity contribution in [2.45, 2.75) is 661 Å². The summed E-state index contributed by atoms with van der Waals surface area (Å²) in [6, 6.07) is 0. The lowest BCUT2D eigenvalue weighted by molar-refractivity contribution is 0.124. The van der Waals surface area contributed by atoms with Gasteiger partial charge in [-0.05, 0) is 296 Å². The number of hydrogen-bond donors (Lipinski definition) is 0. The lowest BCUT2D eigenvalue weighted by Crippen LogP contribution is -2.26. The highest BCUT2D eigenvalue weighted by molar-refractivity contribution is 4.93. The molecule has 0 heterocycles. The minimum absolute atomic E-state index is 0.833. The quantitative estimate of drug-likeness (QED) is 0.227. The molecule has 0 saturated heterocycles. The zero-order valence-electron chi connectivity index (χ0n) is 87.1. The Morgan fingerprint density at radius 2 is 0.120 bits per heavy atom. The molecule has 0 unspecified atom stereocenters. The number of rotatable bonds is 0. The molecule has 0 aliphatic heterocycles. The molecule has 16 rings (SSSR count). The zero-order valence-corrected chi connectivity index (χ0v) is 87.1. The summed E-state index contributed by atoms with van der Waals surface area (Å²) in [5, 5.41) is 0. The van der Waals surface area contributed by atoms with E-state index in [1.165, 1.54) is 289 Å². The highest BCUT2D eigenvalue weighted by atomic mass is 14.5. The minimum atomic E-state index is 0.833. The fourth-order valence-corrected chi connectivity index (χ4v) is 24.0. The first-order valence-electron chi connectivity index (χ1n) is 55.7. The summed E-state index contributed by atoms with van der Waals surface area (Å²) < 4.78 is 0. The molecule has 0 heteroatoms. The average molecular weight is 1640 g/mol. The second kappa shape index (κ2) is 69.1. The summed E-state index contributed by atoms with van der Waals surface area (Å²) in [5.41, 5.74) is 6.92. The lowest BCUT2D eigenvalue weighted by atomic mass is 9.65. The monoisotopic (exact) mass is 1640 g/mol. The van der Waals surface area contributed by atoms with Crippen LogP contribution in [0.1, 0.15) is 661 Å². The van der Waals surface area contributed by atoms with Gasteiger partial charge in [-0.15, -0.1) is 0 Å². The topological polar surface area (TPSA) is 0 Å². The summed E-state index contributed by atoms with van der Waals surface area (Å²) in [7, 11) is 0. The van der Waals surface area contributed by atoms with Gasteiger partial charge in [0.2, 0.25) is 0 Å². The van der Waals surface area contributed by atoms with E-state index in [-0.39, 0.29) is 0 Å². The maximum absolute atomic E-state index is 2.17. The molecule has 16 fully saturated rings. The summed E-state index contributed by atoms with van der Waals surface area (Å²) in [6.45, 7) is 52.0. The van der Waals surface area contributed by atoms with E-state index in [4.69, 9.17) is 0 Å². The third-order valence-electron chi connectivity index (χ3n) is 29.9. The molecule has 0 radical (unpaired) electrons. The molecule has 16 aliphatic carbocycles. The summed E-state index contributed by atoms with van der Waals surface area (Å²) in [5.74, 6) is 6.67. The van der Waals surface area contributed by atoms with Crippen molar-refractivity contribution in [3.05, 3.63) is 0 Å². The van der Waals surface area contributed by atoms with Gasteiger partial charge in [0, 0.05) is 0 Å². The van der Waals surface area contributed by atoms with Gasteiger partial charge in [0.05, 0.1) is 0 Å². The highest BCUT2D eigenvalue weighted by Crippen LogP contribution is 2.55. The highest BCUT2D eigenvalue weighted by Gasteiger charge is 2.41. The van der Waals surface area contributed by atoms with Crippen LogP contribution in [-0.4, -0.2) is 0 Å². The van der Waals surface area contributed by atoms with Gasteiger partial charge in [-0.3, -0.25) is 0 Å². The molecule has 8 spiro atoms. The minimum Gasteiger partial charge on any atom is -0.0630 e. The van der Waals surface area contributed by atoms with Crippen molar-refractivity contribution in [2.75, 3.05) is 0 Å². The van der Waals surface area contributed by atoms with Crippen LogP contribution in [0.3, 0.4) is 0 Å². The molecule has 16 saturated carbocycles. The Bertz CT molecular complexity index is 1480. The first-order chi connectivity index (χ1) is 55.7. The van der Waals surface area contributed by atoms with Crippen LogP contribution in [0.5, 0.6) is 0 Å². The molecule has 0 bridgehead atoms. The zero-order chi connectivity index (χ0) is 87.1. The van der Waals surface area contributed by atoms with Gasteiger partial charge in [-0.25, -0.2) is 0 Å². The molecule has 0 atom stereocenters. The predicted octanol–water partition coefficient (Wildman–Crippen LogP) is 43.3. The maximum atomic E-state index is 2.17. The Kier molecular flexibility index (Phi) is 67.9. The van der Waals surface area contributed by atoms with E-state index in [2.05, 4.69) is 166 Å². The van der Waals surface area contributed by atoms with Gasteiger partial charge in [0.25, 0.3) is 0 Å². The molecule has 0 nitrogen and oxygen atoms in total. The molecule has 117 heavy (non-hydrogen) atoms. The molecular weight excluding hydrogens is 1410 g/mol. The Morgan fingerprint density at radius 1 is 0.0769 bits per heavy atom. The Hall–Kier alpha value is 0. The van der Waals surface area contributed by atoms with Gasteiger partial charge in [0.15, 0.2) is 0 Å². The maximum Gasteiger partial charge on any atom is -0.0297 e. The first kappa shape index (κ1) is 115. The molecule has 702 valence electrons. The molecule has 0 aromatic rings. The first-order valence-corrected chi connectivity index (χ1v) is 55.7. The van der Waals surface area contributed by atoms with Crippen LogP contribution in [-0.2, 0) is 0 Å². The Morgan fingerprint density at radius 3 is 0.162 bits per heavy atom. The normalized spacial score (nSPS) is 24.8. The van der Waals surface area contributed by atoms with Gasteiger partial charge < -0.3 is 0 Å². The third-order valence-corrected chi connectivity index (χ3v) is 29.9. The van der Waals surface area contributed by atoms with Crippen molar-refractivity contribution >= 4 is 0 Å². The van der Waals surface area contributed by atoms with Crippen LogP contribution < -0.4 is 0 Å². The van der Waals surface area contributed by atoms with Crippen molar-refractivity contribution in [1.82, 2.24) is 0 Å². The van der Waals surface area contributed by atoms with Crippen molar-refractivity contribution in [3.63, 3.8) is 0 Å². The standard InChI is InChI=1S/7C11H20.C8H14.8C4H10/c7*1-3-7-11(8-4-1)9-5-2-6-10-11;1-2-5-8(4-1)6-3-7-8;8*1-4(2)3/h7*1-10H2;1-7H2;8*4H,1-3H3. The second-order valence-electron chi connectivity index (χ2n) is 49.8. The van der Waals surface area contributed by atoms with Gasteiger partial charge in [-0.1, -0.05) is 455 Å². The molecule has 0 N–H and O–H groups in total. The van der Waals surface area contributed by atoms with E-state index in [9.17, 15) is 0 Å². The van der Waals surface area contributed by atoms with E-state index in [1.807, 2.05) is 0 Å². The van der Waals surface area contributed by atoms with Crippen molar-refractivity contribution in [3.8, 4) is 0 Å². The molecule has 0 amide bonds. The van der Waals surface area contributed by atoms with Crippen LogP contribution >= 0.6 is 0 Å². The molecule has 16 aliphatic rings. The fraction of sp³-hybridized carbons (Fsp3) is 1.00. The lowest BCUT2D eigenvalue weighted by Gasteiger charge is -2.40. The predicted molar refractivity (Wildman–Crippen MR) is 539 cm³/mol. The van der Waals surface area contributed by atoms with Crippen LogP contribution in [0.2, 0.25) is 0 Å². The van der Waals surface area contributed by atoms with E-state index in [1.54, 1.807) is 205 Å². The van der Waals surface area contributed by atoms with Crippen molar-refractivity contribution in [2.24, 2.45) is 90.7 Å². The fourth-order valence-electron chi connectivity index (χ4n) is 24.0. The van der Waals surface area contributed by atoms with Crippen LogP contribution in [0.15, 0.2) is 0 Å². The summed E-state index contributed by atoms with van der Waals surface area (Å²) in [4.78, 5) is 0. The molecule has 0 aromatic heterocycles. The van der Waals surface area contributed by atoms with Crippen LogP contribution in [0.4, 0.5) is 0 Å². The van der Waals surface area contributed by atoms with Crippen LogP contribution in [0, 0.1) is 90.7 Å². The van der Waals surface area contributed by atoms with E-state index in [0.29, 0.717) is 0 Å². The van der Waals surface area contributed by atoms with E-state index >= 15 is 0 Å². The van der Waals surface area contributed by atoms with Crippen LogP contribution in [0.25, 0.3) is 0 Å². The Balaban J connectivity index is 0.000000636. The summed E-state index contributed by atoms with van der Waals surface area (Å²) in [6.07, 6.45) is 119. The average Bonchev–Trinajstić information content (AvgIpc) is 1.71. The second-order valence-corrected chi connectivity index (χ2v) is 49.8. The van der Waals surface area contributed by atoms with Crippen molar-refractivity contribution in [1.29, 1.82) is 0 Å². The van der Waals surface area contributed by atoms with E-state index < -0.39 is 0 Å². The van der Waals surface area contributed by atoms with Crippen molar-refractivity contribution < 1.29 is 0 Å². The molecular formula is C117H234. The largest absolute Gasteiger partial charge is 0.0630 e. The van der Waals surface area contributed by atoms with Gasteiger partial charge >= 0.3 is 0 Å². The van der Waals surface area contributed by atoms with E-state index in [0.717, 1.165) is 90.7 Å². The van der Waals surface area contributed by atoms with Gasteiger partial charge in [0.1, 0.15) is 0 Å². The number of hydrogen-bond acceptors (Lipinski definition) is 0.